The van der Waals surface area contributed by atoms with E-state index >= 15 is 0 Å². The molecular weight excluding hydrogens is 448 g/mol. The maximum absolute atomic E-state index is 12.4. The number of hydrogen-bond donors (Lipinski definition) is 2. The van der Waals surface area contributed by atoms with Gasteiger partial charge in [-0.1, -0.05) is 12.1 Å². The van der Waals surface area contributed by atoms with Crippen LogP contribution in [0.4, 0.5) is 17.1 Å². The van der Waals surface area contributed by atoms with Gasteiger partial charge in [0.1, 0.15) is 0 Å². The molecule has 1 saturated heterocycles. The summed E-state index contributed by atoms with van der Waals surface area (Å²) in [5, 5.41) is 5.67. The summed E-state index contributed by atoms with van der Waals surface area (Å²) in [7, 11) is 1.71. The van der Waals surface area contributed by atoms with E-state index in [4.69, 9.17) is 9.47 Å². The molecular formula is C26H32N4O5. The largest absolute Gasteiger partial charge is 0.463 e. The molecule has 1 fully saturated rings. The van der Waals surface area contributed by atoms with Crippen molar-refractivity contribution in [3.8, 4) is 0 Å². The molecule has 2 N–H and O–H groups in total. The third kappa shape index (κ3) is 8.88. The number of amides is 2. The quantitative estimate of drug-likeness (QED) is 0.398. The lowest BCUT2D eigenvalue weighted by atomic mass is 10.2. The van der Waals surface area contributed by atoms with Gasteiger partial charge in [-0.05, 0) is 62.0 Å². The van der Waals surface area contributed by atoms with Gasteiger partial charge < -0.3 is 25.0 Å². The molecule has 1 aliphatic rings. The monoisotopic (exact) mass is 480 g/mol. The van der Waals surface area contributed by atoms with Crippen molar-refractivity contribution in [2.45, 2.75) is 6.92 Å². The van der Waals surface area contributed by atoms with Crippen LogP contribution >= 0.6 is 0 Å². The molecule has 0 aromatic heterocycles. The topological polar surface area (TPSA) is 100 Å². The zero-order valence-corrected chi connectivity index (χ0v) is 20.2. The fourth-order valence-corrected chi connectivity index (χ4v) is 3.56. The standard InChI is InChI=1S/C26H32N4O5/c1-3-35-26(33)13-6-20-4-7-21(8-5-20)27-24(31)18-29(2)19-25(32)28-22-9-11-23(12-10-22)30-14-16-34-17-15-30/h4-13H,3,14-19H2,1-2H3,(H,27,31)(H,28,32)/b13-6+. The van der Waals surface area contributed by atoms with E-state index in [1.54, 1.807) is 49.2 Å². The minimum Gasteiger partial charge on any atom is -0.463 e. The minimum atomic E-state index is -0.401. The van der Waals surface area contributed by atoms with Crippen LogP contribution in [-0.4, -0.2) is 75.7 Å². The Morgan fingerprint density at radius 2 is 1.49 bits per heavy atom. The third-order valence-electron chi connectivity index (χ3n) is 5.25. The van der Waals surface area contributed by atoms with Crippen molar-refractivity contribution < 1.29 is 23.9 Å². The molecule has 9 nitrogen and oxygen atoms in total. The number of esters is 1. The fourth-order valence-electron chi connectivity index (χ4n) is 3.56. The Balaban J connectivity index is 1.40. The van der Waals surface area contributed by atoms with Crippen molar-refractivity contribution in [2.24, 2.45) is 0 Å². The van der Waals surface area contributed by atoms with Gasteiger partial charge >= 0.3 is 5.97 Å². The summed E-state index contributed by atoms with van der Waals surface area (Å²) in [6.45, 7) is 5.37. The third-order valence-corrected chi connectivity index (χ3v) is 5.25. The lowest BCUT2D eigenvalue weighted by Gasteiger charge is -2.28. The molecule has 2 aromatic carbocycles. The summed E-state index contributed by atoms with van der Waals surface area (Å²) in [6, 6.07) is 14.8. The van der Waals surface area contributed by atoms with E-state index < -0.39 is 5.97 Å². The number of ether oxygens (including phenoxy) is 2. The van der Waals surface area contributed by atoms with Gasteiger partial charge in [0.05, 0.1) is 32.9 Å². The zero-order valence-electron chi connectivity index (χ0n) is 20.2. The van der Waals surface area contributed by atoms with Gasteiger partial charge in [0.25, 0.3) is 0 Å². The molecule has 3 rings (SSSR count). The van der Waals surface area contributed by atoms with Gasteiger partial charge in [-0.3, -0.25) is 14.5 Å². The average Bonchev–Trinajstić information content (AvgIpc) is 2.84. The number of likely N-dealkylation sites (N-methyl/N-ethyl adjacent to an activating group) is 1. The van der Waals surface area contributed by atoms with Crippen LogP contribution in [-0.2, 0) is 23.9 Å². The van der Waals surface area contributed by atoms with Crippen LogP contribution in [0.5, 0.6) is 0 Å². The second kappa shape index (κ2) is 13.3. The molecule has 2 aromatic rings. The maximum atomic E-state index is 12.4. The highest BCUT2D eigenvalue weighted by atomic mass is 16.5. The van der Waals surface area contributed by atoms with Crippen molar-refractivity contribution in [3.05, 3.63) is 60.2 Å². The highest BCUT2D eigenvalue weighted by Crippen LogP contribution is 2.19. The van der Waals surface area contributed by atoms with Gasteiger partial charge in [-0.2, -0.15) is 0 Å². The van der Waals surface area contributed by atoms with Crippen LogP contribution in [0.2, 0.25) is 0 Å². The molecule has 0 saturated carbocycles. The van der Waals surface area contributed by atoms with Crippen molar-refractivity contribution >= 4 is 40.9 Å². The Bertz CT molecular complexity index is 1020. The van der Waals surface area contributed by atoms with E-state index in [0.29, 0.717) is 18.0 Å². The molecule has 0 unspecified atom stereocenters. The van der Waals surface area contributed by atoms with Crippen LogP contribution in [0.25, 0.3) is 6.08 Å². The normalized spacial score (nSPS) is 13.6. The van der Waals surface area contributed by atoms with E-state index in [1.807, 2.05) is 24.3 Å². The predicted octanol–water partition coefficient (Wildman–Crippen LogP) is 2.61. The number of nitrogens with one attached hydrogen (secondary N) is 2. The molecule has 1 aliphatic heterocycles. The number of carbonyl (C=O) groups excluding carboxylic acids is 3. The number of rotatable bonds is 10. The minimum absolute atomic E-state index is 0.0634. The molecule has 186 valence electrons. The molecule has 0 spiro atoms. The van der Waals surface area contributed by atoms with Crippen LogP contribution in [0.1, 0.15) is 12.5 Å². The number of carbonyl (C=O) groups is 3. The molecule has 0 aliphatic carbocycles. The second-order valence-electron chi connectivity index (χ2n) is 8.12. The highest BCUT2D eigenvalue weighted by Gasteiger charge is 2.13. The lowest BCUT2D eigenvalue weighted by Crippen LogP contribution is -2.36. The van der Waals surface area contributed by atoms with Crippen LogP contribution < -0.4 is 15.5 Å². The van der Waals surface area contributed by atoms with Crippen molar-refractivity contribution in [1.29, 1.82) is 0 Å². The van der Waals surface area contributed by atoms with Crippen LogP contribution in [0, 0.1) is 0 Å². The molecule has 2 amide bonds. The maximum Gasteiger partial charge on any atom is 0.330 e. The van der Waals surface area contributed by atoms with Gasteiger partial charge in [0.2, 0.25) is 11.8 Å². The zero-order chi connectivity index (χ0) is 25.0. The van der Waals surface area contributed by atoms with Crippen LogP contribution in [0.3, 0.4) is 0 Å². The number of nitrogens with zero attached hydrogens (tertiary/aromatic N) is 2. The summed E-state index contributed by atoms with van der Waals surface area (Å²) in [5.74, 6) is -0.830. The number of morpholine rings is 1. The molecule has 1 heterocycles. The summed E-state index contributed by atoms with van der Waals surface area (Å²) in [6.07, 6.45) is 3.00. The average molecular weight is 481 g/mol. The number of anilines is 3. The van der Waals surface area contributed by atoms with E-state index in [9.17, 15) is 14.4 Å². The van der Waals surface area contributed by atoms with E-state index in [2.05, 4.69) is 15.5 Å². The first-order chi connectivity index (χ1) is 16.9. The Morgan fingerprint density at radius 1 is 0.943 bits per heavy atom. The molecule has 35 heavy (non-hydrogen) atoms. The summed E-state index contributed by atoms with van der Waals surface area (Å²) < 4.78 is 10.2. The fraction of sp³-hybridized carbons (Fsp3) is 0.346. The first-order valence-corrected chi connectivity index (χ1v) is 11.6. The summed E-state index contributed by atoms with van der Waals surface area (Å²) in [4.78, 5) is 40.0. The lowest BCUT2D eigenvalue weighted by molar-refractivity contribution is -0.137. The predicted molar refractivity (Wildman–Crippen MR) is 136 cm³/mol. The van der Waals surface area contributed by atoms with Crippen LogP contribution in [0.15, 0.2) is 54.6 Å². The number of hydrogen-bond acceptors (Lipinski definition) is 7. The Kier molecular flexibility index (Phi) is 9.82. The molecule has 0 bridgehead atoms. The Hall–Kier alpha value is -3.69. The Labute approximate surface area is 205 Å². The molecule has 0 atom stereocenters. The Morgan fingerprint density at radius 3 is 2.03 bits per heavy atom. The molecule has 9 heteroatoms. The van der Waals surface area contributed by atoms with Gasteiger partial charge in [0.15, 0.2) is 0 Å². The van der Waals surface area contributed by atoms with Gasteiger partial charge in [0, 0.05) is 36.2 Å². The summed E-state index contributed by atoms with van der Waals surface area (Å²) >= 11 is 0. The van der Waals surface area contributed by atoms with Crippen molar-refractivity contribution in [3.63, 3.8) is 0 Å². The van der Waals surface area contributed by atoms with Gasteiger partial charge in [-0.25, -0.2) is 4.79 Å². The summed E-state index contributed by atoms with van der Waals surface area (Å²) in [5.41, 5.74) is 3.24. The van der Waals surface area contributed by atoms with E-state index in [1.165, 1.54) is 6.08 Å². The van der Waals surface area contributed by atoms with E-state index in [-0.39, 0.29) is 24.9 Å². The smallest absolute Gasteiger partial charge is 0.330 e. The van der Waals surface area contributed by atoms with Crippen molar-refractivity contribution in [1.82, 2.24) is 4.90 Å². The van der Waals surface area contributed by atoms with Gasteiger partial charge in [-0.15, -0.1) is 0 Å². The first kappa shape index (κ1) is 25.9. The SMILES string of the molecule is CCOC(=O)/C=C/c1ccc(NC(=O)CN(C)CC(=O)Nc2ccc(N3CCOCC3)cc2)cc1. The van der Waals surface area contributed by atoms with E-state index in [0.717, 1.165) is 37.6 Å². The number of benzene rings is 2. The highest BCUT2D eigenvalue weighted by molar-refractivity contribution is 5.95. The first-order valence-electron chi connectivity index (χ1n) is 11.6. The van der Waals surface area contributed by atoms with Crippen molar-refractivity contribution in [2.75, 3.05) is 68.6 Å². The molecule has 0 radical (unpaired) electrons. The second-order valence-corrected chi connectivity index (χ2v) is 8.12.